The lowest BCUT2D eigenvalue weighted by Gasteiger charge is -2.15. The predicted octanol–water partition coefficient (Wildman–Crippen LogP) is -0.357. The molecule has 0 radical (unpaired) electrons. The second-order valence-corrected chi connectivity index (χ2v) is 4.42. The van der Waals surface area contributed by atoms with Crippen LogP contribution in [0.4, 0.5) is 0 Å². The third-order valence-corrected chi connectivity index (χ3v) is 2.06. The molecular formula is C9H17N5O2. The second kappa shape index (κ2) is 4.56. The maximum Gasteiger partial charge on any atom is 0.317 e. The number of carbonyl (C=O) groups is 1. The third kappa shape index (κ3) is 2.54. The first-order chi connectivity index (χ1) is 7.40. The molecule has 16 heavy (non-hydrogen) atoms. The molecule has 0 aromatic carbocycles. The molecule has 0 aliphatic carbocycles. The maximum atomic E-state index is 11.4. The molecule has 0 spiro atoms. The number of carbonyl (C=O) groups excluding carboxylic acids is 1. The van der Waals surface area contributed by atoms with E-state index in [1.807, 2.05) is 20.8 Å². The molecule has 0 fully saturated rings. The minimum atomic E-state index is -0.652. The van der Waals surface area contributed by atoms with Crippen molar-refractivity contribution < 1.29 is 9.53 Å². The first-order valence-electron chi connectivity index (χ1n) is 4.98. The standard InChI is InChI=1S/C9H17N5O2/c1-9(2,3)14-12-7(11-13-14)6(5-10)8(15)16-4/h6H,5,10H2,1-4H3. The van der Waals surface area contributed by atoms with E-state index < -0.39 is 11.9 Å². The molecule has 1 aromatic heterocycles. The highest BCUT2D eigenvalue weighted by atomic mass is 16.5. The van der Waals surface area contributed by atoms with Crippen LogP contribution in [-0.2, 0) is 15.1 Å². The first-order valence-corrected chi connectivity index (χ1v) is 4.98. The van der Waals surface area contributed by atoms with Crippen LogP contribution in [-0.4, -0.2) is 39.8 Å². The molecule has 0 aliphatic rings. The van der Waals surface area contributed by atoms with Crippen LogP contribution < -0.4 is 5.73 Å². The van der Waals surface area contributed by atoms with Crippen molar-refractivity contribution in [2.75, 3.05) is 13.7 Å². The van der Waals surface area contributed by atoms with Gasteiger partial charge in [-0.25, -0.2) is 0 Å². The van der Waals surface area contributed by atoms with Crippen molar-refractivity contribution in [3.63, 3.8) is 0 Å². The summed E-state index contributed by atoms with van der Waals surface area (Å²) in [4.78, 5) is 12.8. The number of tetrazole rings is 1. The molecule has 1 atom stereocenters. The molecule has 0 aliphatic heterocycles. The van der Waals surface area contributed by atoms with Crippen molar-refractivity contribution in [2.24, 2.45) is 5.73 Å². The van der Waals surface area contributed by atoms with Crippen LogP contribution in [0.25, 0.3) is 0 Å². The van der Waals surface area contributed by atoms with Gasteiger partial charge < -0.3 is 10.5 Å². The molecule has 0 saturated heterocycles. The fourth-order valence-electron chi connectivity index (χ4n) is 1.10. The highest BCUT2D eigenvalue weighted by Gasteiger charge is 2.26. The van der Waals surface area contributed by atoms with Gasteiger partial charge in [0, 0.05) is 6.54 Å². The van der Waals surface area contributed by atoms with E-state index in [0.717, 1.165) is 0 Å². The van der Waals surface area contributed by atoms with Crippen LogP contribution in [0, 0.1) is 0 Å². The number of nitrogens with zero attached hydrogens (tertiary/aromatic N) is 4. The van der Waals surface area contributed by atoms with E-state index in [9.17, 15) is 4.79 Å². The van der Waals surface area contributed by atoms with Crippen molar-refractivity contribution in [3.05, 3.63) is 5.82 Å². The van der Waals surface area contributed by atoms with E-state index in [4.69, 9.17) is 5.73 Å². The molecule has 1 aromatic rings. The van der Waals surface area contributed by atoms with Crippen LogP contribution in [0.2, 0.25) is 0 Å². The van der Waals surface area contributed by atoms with E-state index in [1.54, 1.807) is 0 Å². The van der Waals surface area contributed by atoms with Gasteiger partial charge in [0.2, 0.25) is 0 Å². The Morgan fingerprint density at radius 1 is 1.56 bits per heavy atom. The van der Waals surface area contributed by atoms with Crippen LogP contribution in [0.15, 0.2) is 0 Å². The summed E-state index contributed by atoms with van der Waals surface area (Å²) in [6.45, 7) is 5.92. The summed E-state index contributed by atoms with van der Waals surface area (Å²) in [6.07, 6.45) is 0. The average Bonchev–Trinajstić information content (AvgIpc) is 2.67. The maximum absolute atomic E-state index is 11.4. The van der Waals surface area contributed by atoms with E-state index in [2.05, 4.69) is 20.1 Å². The summed E-state index contributed by atoms with van der Waals surface area (Å²) in [7, 11) is 1.30. The molecule has 1 rings (SSSR count). The van der Waals surface area contributed by atoms with Gasteiger partial charge in [-0.3, -0.25) is 4.79 Å². The smallest absolute Gasteiger partial charge is 0.317 e. The number of hydrogen-bond acceptors (Lipinski definition) is 6. The van der Waals surface area contributed by atoms with Gasteiger partial charge >= 0.3 is 5.97 Å². The first kappa shape index (κ1) is 12.6. The lowest BCUT2D eigenvalue weighted by Crippen LogP contribution is -2.26. The fourth-order valence-corrected chi connectivity index (χ4v) is 1.10. The summed E-state index contributed by atoms with van der Waals surface area (Å²) in [5.74, 6) is -0.804. The Bertz CT molecular complexity index is 368. The zero-order valence-corrected chi connectivity index (χ0v) is 9.97. The van der Waals surface area contributed by atoms with Gasteiger partial charge in [-0.05, 0) is 26.0 Å². The lowest BCUT2D eigenvalue weighted by atomic mass is 10.1. The Morgan fingerprint density at radius 2 is 2.19 bits per heavy atom. The Morgan fingerprint density at radius 3 is 2.56 bits per heavy atom. The van der Waals surface area contributed by atoms with Crippen LogP contribution >= 0.6 is 0 Å². The van der Waals surface area contributed by atoms with Gasteiger partial charge in [0.1, 0.15) is 5.92 Å². The molecule has 1 heterocycles. The molecule has 0 bridgehead atoms. The summed E-state index contributed by atoms with van der Waals surface area (Å²) in [5.41, 5.74) is 5.20. The number of hydrogen-bond donors (Lipinski definition) is 1. The zero-order valence-electron chi connectivity index (χ0n) is 9.97. The molecule has 0 saturated carbocycles. The Hall–Kier alpha value is -1.50. The Labute approximate surface area is 93.9 Å². The van der Waals surface area contributed by atoms with Crippen LogP contribution in [0.3, 0.4) is 0 Å². The quantitative estimate of drug-likeness (QED) is 0.708. The minimum absolute atomic E-state index is 0.0997. The normalized spacial score (nSPS) is 13.6. The molecule has 1 unspecified atom stereocenters. The van der Waals surface area contributed by atoms with Crippen LogP contribution in [0.1, 0.15) is 32.5 Å². The monoisotopic (exact) mass is 227 g/mol. The zero-order chi connectivity index (χ0) is 12.3. The van der Waals surface area contributed by atoms with Crippen molar-refractivity contribution in [3.8, 4) is 0 Å². The number of rotatable bonds is 3. The predicted molar refractivity (Wildman–Crippen MR) is 56.6 cm³/mol. The van der Waals surface area contributed by atoms with Gasteiger partial charge in [-0.1, -0.05) is 0 Å². The largest absolute Gasteiger partial charge is 0.468 e. The van der Waals surface area contributed by atoms with Gasteiger partial charge in [0.25, 0.3) is 0 Å². The summed E-state index contributed by atoms with van der Waals surface area (Å²) in [5, 5.41) is 11.8. The van der Waals surface area contributed by atoms with Gasteiger partial charge in [-0.15, -0.1) is 10.2 Å². The average molecular weight is 227 g/mol. The summed E-state index contributed by atoms with van der Waals surface area (Å²) in [6, 6.07) is 0. The number of methoxy groups -OCH3 is 1. The fraction of sp³-hybridized carbons (Fsp3) is 0.778. The molecule has 0 amide bonds. The van der Waals surface area contributed by atoms with E-state index in [-0.39, 0.29) is 12.1 Å². The van der Waals surface area contributed by atoms with E-state index >= 15 is 0 Å². The van der Waals surface area contributed by atoms with E-state index in [0.29, 0.717) is 5.82 Å². The topological polar surface area (TPSA) is 95.9 Å². The highest BCUT2D eigenvalue weighted by molar-refractivity contribution is 5.77. The molecule has 90 valence electrons. The van der Waals surface area contributed by atoms with Gasteiger partial charge in [0.05, 0.1) is 12.6 Å². The number of nitrogens with two attached hydrogens (primary N) is 1. The Kier molecular flexibility index (Phi) is 3.58. The van der Waals surface area contributed by atoms with E-state index in [1.165, 1.54) is 11.9 Å². The molecular weight excluding hydrogens is 210 g/mol. The summed E-state index contributed by atoms with van der Waals surface area (Å²) < 4.78 is 4.62. The van der Waals surface area contributed by atoms with Gasteiger partial charge in [-0.2, -0.15) is 4.80 Å². The van der Waals surface area contributed by atoms with Crippen molar-refractivity contribution in [1.82, 2.24) is 20.2 Å². The van der Waals surface area contributed by atoms with Crippen molar-refractivity contribution in [2.45, 2.75) is 32.2 Å². The number of aromatic nitrogens is 4. The third-order valence-electron chi connectivity index (χ3n) is 2.06. The number of esters is 1. The molecule has 7 heteroatoms. The molecule has 2 N–H and O–H groups in total. The van der Waals surface area contributed by atoms with Crippen LogP contribution in [0.5, 0.6) is 0 Å². The number of ether oxygens (including phenoxy) is 1. The summed E-state index contributed by atoms with van der Waals surface area (Å²) >= 11 is 0. The SMILES string of the molecule is COC(=O)C(CN)c1nnn(C(C)(C)C)n1. The van der Waals surface area contributed by atoms with Crippen molar-refractivity contribution in [1.29, 1.82) is 0 Å². The minimum Gasteiger partial charge on any atom is -0.468 e. The van der Waals surface area contributed by atoms with Crippen molar-refractivity contribution >= 4 is 5.97 Å². The second-order valence-electron chi connectivity index (χ2n) is 4.42. The highest BCUT2D eigenvalue weighted by Crippen LogP contribution is 2.14. The Balaban J connectivity index is 2.96. The lowest BCUT2D eigenvalue weighted by molar-refractivity contribution is -0.142. The molecule has 7 nitrogen and oxygen atoms in total. The van der Waals surface area contributed by atoms with Gasteiger partial charge in [0.15, 0.2) is 5.82 Å².